The third-order valence-corrected chi connectivity index (χ3v) is 1.51. The largest absolute Gasteiger partial charge is 0.471 e. The Hall–Kier alpha value is 0.235. The van der Waals surface area contributed by atoms with Gasteiger partial charge in [0.05, 0.1) is 5.94 Å². The van der Waals surface area contributed by atoms with Gasteiger partial charge in [0.2, 0.25) is 0 Å². The summed E-state index contributed by atoms with van der Waals surface area (Å²) in [4.78, 5) is 2.31. The lowest BCUT2D eigenvalue weighted by Gasteiger charge is -2.14. The maximum Gasteiger partial charge on any atom is 0.471 e. The van der Waals surface area contributed by atoms with Gasteiger partial charge in [0.1, 0.15) is 0 Å². The van der Waals surface area contributed by atoms with Crippen LogP contribution >= 0.6 is 11.8 Å². The topological polar surface area (TPSA) is 52.5 Å². The molecule has 0 saturated carbocycles. The van der Waals surface area contributed by atoms with Gasteiger partial charge in [0, 0.05) is 0 Å². The van der Waals surface area contributed by atoms with E-state index in [0.717, 1.165) is 0 Å². The first-order chi connectivity index (χ1) is 4.57. The average molecular weight is 165 g/mol. The molecular formula is C5H13BClNO2. The molecule has 10 heavy (non-hydrogen) atoms. The standard InChI is InChI=1S/C5H13BClNO2/c1-4(2)3-5(8-7)6(9)10/h4-5,8-10H,3H2,1-2H3/t5-/m0/s1. The van der Waals surface area contributed by atoms with Gasteiger partial charge in [-0.3, -0.25) is 0 Å². The number of hydrogen-bond donors (Lipinski definition) is 3. The summed E-state index contributed by atoms with van der Waals surface area (Å²) in [6, 6.07) is 0. The van der Waals surface area contributed by atoms with E-state index >= 15 is 0 Å². The number of rotatable bonds is 4. The van der Waals surface area contributed by atoms with Crippen LogP contribution in [0.4, 0.5) is 0 Å². The summed E-state index contributed by atoms with van der Waals surface area (Å²) in [6.45, 7) is 3.98. The molecule has 3 N–H and O–H groups in total. The van der Waals surface area contributed by atoms with Crippen LogP contribution in [0.2, 0.25) is 0 Å². The van der Waals surface area contributed by atoms with Gasteiger partial charge >= 0.3 is 7.12 Å². The van der Waals surface area contributed by atoms with Crippen molar-refractivity contribution in [3.05, 3.63) is 0 Å². The monoisotopic (exact) mass is 165 g/mol. The van der Waals surface area contributed by atoms with Crippen molar-refractivity contribution in [1.29, 1.82) is 0 Å². The van der Waals surface area contributed by atoms with Crippen LogP contribution in [0.15, 0.2) is 0 Å². The highest BCUT2D eigenvalue weighted by Gasteiger charge is 2.22. The molecule has 0 aromatic heterocycles. The van der Waals surface area contributed by atoms with Crippen LogP contribution in [0.5, 0.6) is 0 Å². The van der Waals surface area contributed by atoms with Crippen molar-refractivity contribution < 1.29 is 10.0 Å². The highest BCUT2D eigenvalue weighted by molar-refractivity contribution is 6.44. The predicted molar refractivity (Wildman–Crippen MR) is 42.4 cm³/mol. The van der Waals surface area contributed by atoms with Crippen LogP contribution < -0.4 is 4.84 Å². The molecule has 0 aliphatic rings. The third kappa shape index (κ3) is 4.11. The smallest absolute Gasteiger partial charge is 0.426 e. The van der Waals surface area contributed by atoms with E-state index in [-0.39, 0.29) is 0 Å². The van der Waals surface area contributed by atoms with Crippen LogP contribution in [0.1, 0.15) is 20.3 Å². The summed E-state index contributed by atoms with van der Waals surface area (Å²) in [5.41, 5.74) is 0. The van der Waals surface area contributed by atoms with Crippen molar-refractivity contribution in [2.24, 2.45) is 5.92 Å². The zero-order chi connectivity index (χ0) is 8.15. The average Bonchev–Trinajstić information content (AvgIpc) is 1.81. The molecule has 0 rings (SSSR count). The first kappa shape index (κ1) is 10.2. The fraction of sp³-hybridized carbons (Fsp3) is 1.00. The minimum absolute atomic E-state index is 0.401. The van der Waals surface area contributed by atoms with Crippen LogP contribution in [0, 0.1) is 5.92 Å². The summed E-state index contributed by atoms with van der Waals surface area (Å²) in [6.07, 6.45) is 0.654. The normalized spacial score (nSPS) is 13.8. The Labute approximate surface area is 66.6 Å². The van der Waals surface area contributed by atoms with Gasteiger partial charge in [-0.25, -0.2) is 4.84 Å². The first-order valence-corrected chi connectivity index (χ1v) is 3.68. The van der Waals surface area contributed by atoms with Gasteiger partial charge < -0.3 is 10.0 Å². The van der Waals surface area contributed by atoms with Crippen molar-refractivity contribution >= 4 is 18.9 Å². The van der Waals surface area contributed by atoms with Gasteiger partial charge in [0.15, 0.2) is 0 Å². The van der Waals surface area contributed by atoms with Crippen molar-refractivity contribution in [2.75, 3.05) is 0 Å². The zero-order valence-corrected chi connectivity index (χ0v) is 6.97. The summed E-state index contributed by atoms with van der Waals surface area (Å²) in [7, 11) is -1.38. The van der Waals surface area contributed by atoms with Gasteiger partial charge in [-0.2, -0.15) is 0 Å². The van der Waals surface area contributed by atoms with Gasteiger partial charge in [-0.05, 0) is 24.1 Å². The zero-order valence-electron chi connectivity index (χ0n) is 6.21. The molecule has 0 spiro atoms. The number of hydrogen-bond acceptors (Lipinski definition) is 3. The highest BCUT2D eigenvalue weighted by atomic mass is 35.5. The molecule has 0 fully saturated rings. The minimum Gasteiger partial charge on any atom is -0.426 e. The van der Waals surface area contributed by atoms with Gasteiger partial charge in [-0.15, -0.1) is 0 Å². The second-order valence-corrected chi connectivity index (χ2v) is 2.98. The van der Waals surface area contributed by atoms with E-state index in [9.17, 15) is 0 Å². The molecule has 3 nitrogen and oxygen atoms in total. The first-order valence-electron chi connectivity index (χ1n) is 3.30. The lowest BCUT2D eigenvalue weighted by molar-refractivity contribution is 0.365. The Morgan fingerprint density at radius 2 is 2.00 bits per heavy atom. The molecule has 0 unspecified atom stereocenters. The molecular weight excluding hydrogens is 152 g/mol. The molecule has 0 aromatic rings. The van der Waals surface area contributed by atoms with Crippen molar-refractivity contribution in [3.8, 4) is 0 Å². The van der Waals surface area contributed by atoms with E-state index < -0.39 is 13.1 Å². The molecule has 0 radical (unpaired) electrons. The van der Waals surface area contributed by atoms with Crippen LogP contribution in [-0.2, 0) is 0 Å². The number of nitrogens with one attached hydrogen (secondary N) is 1. The van der Waals surface area contributed by atoms with Gasteiger partial charge in [0.25, 0.3) is 0 Å². The van der Waals surface area contributed by atoms with Crippen LogP contribution in [-0.4, -0.2) is 23.1 Å². The second kappa shape index (κ2) is 4.96. The Morgan fingerprint density at radius 1 is 1.50 bits per heavy atom. The minimum atomic E-state index is -1.38. The summed E-state index contributed by atoms with van der Waals surface area (Å²) >= 11 is 5.24. The summed E-state index contributed by atoms with van der Waals surface area (Å²) in [5, 5.41) is 17.3. The molecule has 0 heterocycles. The fourth-order valence-corrected chi connectivity index (χ4v) is 0.932. The van der Waals surface area contributed by atoms with Crippen LogP contribution in [0.25, 0.3) is 0 Å². The van der Waals surface area contributed by atoms with Gasteiger partial charge in [-0.1, -0.05) is 13.8 Å². The molecule has 1 atom stereocenters. The van der Waals surface area contributed by atoms with E-state index in [2.05, 4.69) is 4.84 Å². The maximum absolute atomic E-state index is 8.67. The number of halogens is 1. The van der Waals surface area contributed by atoms with Crippen LogP contribution in [0.3, 0.4) is 0 Å². The molecule has 0 aliphatic heterocycles. The molecule has 0 aromatic carbocycles. The second-order valence-electron chi connectivity index (χ2n) is 2.76. The van der Waals surface area contributed by atoms with E-state index in [1.165, 1.54) is 0 Å². The quantitative estimate of drug-likeness (QED) is 0.411. The third-order valence-electron chi connectivity index (χ3n) is 1.23. The molecule has 5 heteroatoms. The molecule has 0 amide bonds. The van der Waals surface area contributed by atoms with Crippen molar-refractivity contribution in [3.63, 3.8) is 0 Å². The highest BCUT2D eigenvalue weighted by Crippen LogP contribution is 2.05. The van der Waals surface area contributed by atoms with E-state index in [1.807, 2.05) is 13.8 Å². The van der Waals surface area contributed by atoms with E-state index in [1.54, 1.807) is 0 Å². The molecule has 0 bridgehead atoms. The van der Waals surface area contributed by atoms with Crippen molar-refractivity contribution in [2.45, 2.75) is 26.2 Å². The Bertz CT molecular complexity index is 91.7. The maximum atomic E-state index is 8.67. The predicted octanol–water partition coefficient (Wildman–Crippen LogP) is 0.156. The van der Waals surface area contributed by atoms with E-state index in [0.29, 0.717) is 12.3 Å². The lowest BCUT2D eigenvalue weighted by atomic mass is 9.76. The molecule has 0 saturated heterocycles. The molecule has 60 valence electrons. The Kier molecular flexibility index (Phi) is 5.08. The van der Waals surface area contributed by atoms with E-state index in [4.69, 9.17) is 21.8 Å². The lowest BCUT2D eigenvalue weighted by Crippen LogP contribution is -2.40. The summed E-state index contributed by atoms with van der Waals surface area (Å²) < 4.78 is 0. The summed E-state index contributed by atoms with van der Waals surface area (Å²) in [5.74, 6) is -0.0280. The SMILES string of the molecule is CC(C)C[C@H](NCl)B(O)O. The Morgan fingerprint density at radius 3 is 2.10 bits per heavy atom. The Balaban J connectivity index is 3.60. The molecule has 0 aliphatic carbocycles. The van der Waals surface area contributed by atoms with Crippen molar-refractivity contribution in [1.82, 2.24) is 4.84 Å². The fourth-order valence-electron chi connectivity index (χ4n) is 0.730.